The van der Waals surface area contributed by atoms with E-state index in [2.05, 4.69) is 5.32 Å². The summed E-state index contributed by atoms with van der Waals surface area (Å²) in [5, 5.41) is 11.9. The zero-order valence-electron chi connectivity index (χ0n) is 11.5. The first-order chi connectivity index (χ1) is 10.5. The maximum atomic E-state index is 12.8. The molecule has 0 bridgehead atoms. The molecule has 0 aliphatic carbocycles. The van der Waals surface area contributed by atoms with Crippen molar-refractivity contribution in [1.29, 1.82) is 0 Å². The number of carboxylic acids is 1. The van der Waals surface area contributed by atoms with Gasteiger partial charge in [-0.05, 0) is 42.3 Å². The number of rotatable bonds is 5. The van der Waals surface area contributed by atoms with E-state index in [1.807, 2.05) is 0 Å². The minimum absolute atomic E-state index is 0.0670. The lowest BCUT2D eigenvalue weighted by Gasteiger charge is -2.09. The first-order valence-corrected chi connectivity index (χ1v) is 6.90. The Bertz CT molecular complexity index is 701. The Balaban J connectivity index is 2.00. The minimum Gasteiger partial charge on any atom is -0.478 e. The Morgan fingerprint density at radius 1 is 1.14 bits per heavy atom. The van der Waals surface area contributed by atoms with Crippen LogP contribution < -0.4 is 5.32 Å². The molecule has 2 aromatic carbocycles. The van der Waals surface area contributed by atoms with E-state index in [9.17, 15) is 14.0 Å². The molecule has 0 atom stereocenters. The number of carbonyl (C=O) groups excluding carboxylic acids is 1. The number of anilines is 1. The number of aryl methyl sites for hydroxylation is 1. The molecule has 0 saturated heterocycles. The fraction of sp³-hybridized carbons (Fsp3) is 0.125. The summed E-state index contributed by atoms with van der Waals surface area (Å²) in [6.45, 7) is 0. The lowest BCUT2D eigenvalue weighted by atomic mass is 10.1. The normalized spacial score (nSPS) is 10.3. The van der Waals surface area contributed by atoms with Crippen LogP contribution in [0.4, 0.5) is 10.1 Å². The number of aromatic carboxylic acids is 1. The van der Waals surface area contributed by atoms with E-state index in [4.69, 9.17) is 16.7 Å². The van der Waals surface area contributed by atoms with Gasteiger partial charge in [0.05, 0.1) is 11.3 Å². The predicted molar refractivity (Wildman–Crippen MR) is 81.8 cm³/mol. The number of amides is 1. The second kappa shape index (κ2) is 7.04. The van der Waals surface area contributed by atoms with Gasteiger partial charge in [0.25, 0.3) is 0 Å². The third-order valence-corrected chi connectivity index (χ3v) is 3.28. The molecule has 0 aromatic heterocycles. The van der Waals surface area contributed by atoms with Crippen molar-refractivity contribution in [2.45, 2.75) is 12.8 Å². The molecule has 4 nitrogen and oxygen atoms in total. The molecule has 0 spiro atoms. The van der Waals surface area contributed by atoms with Crippen molar-refractivity contribution in [3.8, 4) is 0 Å². The van der Waals surface area contributed by atoms with Gasteiger partial charge >= 0.3 is 5.97 Å². The second-order valence-electron chi connectivity index (χ2n) is 4.67. The largest absolute Gasteiger partial charge is 0.478 e. The van der Waals surface area contributed by atoms with Crippen molar-refractivity contribution in [2.75, 3.05) is 5.32 Å². The minimum atomic E-state index is -1.17. The first-order valence-electron chi connectivity index (χ1n) is 6.53. The number of carbonyl (C=O) groups is 2. The van der Waals surface area contributed by atoms with Gasteiger partial charge in [-0.15, -0.1) is 0 Å². The molecule has 0 aliphatic heterocycles. The third kappa shape index (κ3) is 4.30. The molecule has 0 unspecified atom stereocenters. The smallest absolute Gasteiger partial charge is 0.337 e. The van der Waals surface area contributed by atoms with Crippen LogP contribution in [-0.2, 0) is 11.2 Å². The monoisotopic (exact) mass is 321 g/mol. The van der Waals surface area contributed by atoms with Gasteiger partial charge in [-0.3, -0.25) is 4.79 Å². The van der Waals surface area contributed by atoms with E-state index < -0.39 is 5.97 Å². The van der Waals surface area contributed by atoms with Crippen molar-refractivity contribution < 1.29 is 19.1 Å². The van der Waals surface area contributed by atoms with Crippen LogP contribution in [0.3, 0.4) is 0 Å². The summed E-state index contributed by atoms with van der Waals surface area (Å²) >= 11 is 5.74. The molecule has 22 heavy (non-hydrogen) atoms. The van der Waals surface area contributed by atoms with Gasteiger partial charge in [0.1, 0.15) is 5.82 Å². The molecule has 0 aliphatic rings. The van der Waals surface area contributed by atoms with Gasteiger partial charge in [-0.25, -0.2) is 9.18 Å². The van der Waals surface area contributed by atoms with Gasteiger partial charge in [-0.2, -0.15) is 0 Å². The van der Waals surface area contributed by atoms with Crippen LogP contribution in [0.5, 0.6) is 0 Å². The average Bonchev–Trinajstić information content (AvgIpc) is 2.48. The van der Waals surface area contributed by atoms with Gasteiger partial charge in [0.15, 0.2) is 0 Å². The highest BCUT2D eigenvalue weighted by molar-refractivity contribution is 6.31. The third-order valence-electron chi connectivity index (χ3n) is 3.04. The van der Waals surface area contributed by atoms with E-state index in [-0.39, 0.29) is 34.4 Å². The summed E-state index contributed by atoms with van der Waals surface area (Å²) < 4.78 is 12.8. The standard InChI is InChI=1S/C16H13ClFNO3/c17-11-4-7-14(13(9-11)16(21)22)19-15(20)8-3-10-1-5-12(18)6-2-10/h1-2,4-7,9H,3,8H2,(H,19,20)(H,21,22). The first kappa shape index (κ1) is 16.0. The van der Waals surface area contributed by atoms with Crippen LogP contribution in [0.15, 0.2) is 42.5 Å². The van der Waals surface area contributed by atoms with Crippen LogP contribution in [0.1, 0.15) is 22.3 Å². The maximum Gasteiger partial charge on any atom is 0.337 e. The summed E-state index contributed by atoms with van der Waals surface area (Å²) in [4.78, 5) is 23.0. The molecule has 1 amide bonds. The lowest BCUT2D eigenvalue weighted by molar-refractivity contribution is -0.116. The topological polar surface area (TPSA) is 66.4 Å². The molecule has 0 heterocycles. The van der Waals surface area contributed by atoms with Crippen LogP contribution in [0.25, 0.3) is 0 Å². The van der Waals surface area contributed by atoms with Crippen LogP contribution in [-0.4, -0.2) is 17.0 Å². The van der Waals surface area contributed by atoms with Crippen LogP contribution in [0, 0.1) is 5.82 Å². The van der Waals surface area contributed by atoms with Crippen molar-refractivity contribution >= 4 is 29.2 Å². The lowest BCUT2D eigenvalue weighted by Crippen LogP contribution is -2.15. The SMILES string of the molecule is O=C(CCc1ccc(F)cc1)Nc1ccc(Cl)cc1C(=O)O. The summed E-state index contributed by atoms with van der Waals surface area (Å²) in [6.07, 6.45) is 0.593. The number of hydrogen-bond acceptors (Lipinski definition) is 2. The molecule has 6 heteroatoms. The highest BCUT2D eigenvalue weighted by Crippen LogP contribution is 2.21. The quantitative estimate of drug-likeness (QED) is 0.881. The molecule has 0 saturated carbocycles. The number of hydrogen-bond donors (Lipinski definition) is 2. The van der Waals surface area contributed by atoms with E-state index >= 15 is 0 Å². The van der Waals surface area contributed by atoms with Crippen LogP contribution in [0.2, 0.25) is 5.02 Å². The van der Waals surface area contributed by atoms with E-state index in [1.54, 1.807) is 12.1 Å². The zero-order valence-corrected chi connectivity index (χ0v) is 12.2. The van der Waals surface area contributed by atoms with Crippen molar-refractivity contribution in [3.05, 3.63) is 64.4 Å². The average molecular weight is 322 g/mol. The second-order valence-corrected chi connectivity index (χ2v) is 5.11. The van der Waals surface area contributed by atoms with Crippen molar-refractivity contribution in [1.82, 2.24) is 0 Å². The van der Waals surface area contributed by atoms with Crippen molar-refractivity contribution in [3.63, 3.8) is 0 Å². The Morgan fingerprint density at radius 3 is 2.45 bits per heavy atom. The molecular formula is C16H13ClFNO3. The predicted octanol–water partition coefficient (Wildman–Crippen LogP) is 3.75. The molecule has 0 fully saturated rings. The van der Waals surface area contributed by atoms with Crippen LogP contribution >= 0.6 is 11.6 Å². The molecule has 2 N–H and O–H groups in total. The molecule has 2 aromatic rings. The van der Waals surface area contributed by atoms with Gasteiger partial charge in [0, 0.05) is 11.4 Å². The van der Waals surface area contributed by atoms with Crippen molar-refractivity contribution in [2.24, 2.45) is 0 Å². The summed E-state index contributed by atoms with van der Waals surface area (Å²) in [5.74, 6) is -1.83. The Morgan fingerprint density at radius 2 is 1.82 bits per heavy atom. The highest BCUT2D eigenvalue weighted by atomic mass is 35.5. The number of nitrogens with one attached hydrogen (secondary N) is 1. The molecule has 0 radical (unpaired) electrons. The van der Waals surface area contributed by atoms with Gasteiger partial charge < -0.3 is 10.4 Å². The van der Waals surface area contributed by atoms with Gasteiger partial charge in [0.2, 0.25) is 5.91 Å². The Kier molecular flexibility index (Phi) is 5.12. The fourth-order valence-corrected chi connectivity index (χ4v) is 2.10. The summed E-state index contributed by atoms with van der Waals surface area (Å²) in [7, 11) is 0. The van der Waals surface area contributed by atoms with Gasteiger partial charge in [-0.1, -0.05) is 23.7 Å². The Hall–Kier alpha value is -2.40. The number of benzene rings is 2. The molecule has 114 valence electrons. The maximum absolute atomic E-state index is 12.8. The Labute approximate surface area is 131 Å². The number of carboxylic acid groups (broad SMARTS) is 1. The molecule has 2 rings (SSSR count). The summed E-state index contributed by atoms with van der Waals surface area (Å²) in [5.41, 5.74) is 0.953. The van der Waals surface area contributed by atoms with E-state index in [0.29, 0.717) is 6.42 Å². The number of halogens is 2. The highest BCUT2D eigenvalue weighted by Gasteiger charge is 2.13. The molecular weight excluding hydrogens is 309 g/mol. The zero-order chi connectivity index (χ0) is 16.1. The summed E-state index contributed by atoms with van der Waals surface area (Å²) in [6, 6.07) is 10.1. The van der Waals surface area contributed by atoms with E-state index in [0.717, 1.165) is 5.56 Å². The fourth-order valence-electron chi connectivity index (χ4n) is 1.92. The van der Waals surface area contributed by atoms with E-state index in [1.165, 1.54) is 30.3 Å².